The zero-order valence-electron chi connectivity index (χ0n) is 8.84. The number of halogens is 2. The minimum absolute atomic E-state index is 0.140. The van der Waals surface area contributed by atoms with Gasteiger partial charge in [0.05, 0.1) is 5.69 Å². The number of nitrogens with one attached hydrogen (secondary N) is 1. The van der Waals surface area contributed by atoms with E-state index in [9.17, 15) is 8.78 Å². The second-order valence-corrected chi connectivity index (χ2v) is 4.82. The van der Waals surface area contributed by atoms with Crippen LogP contribution in [-0.4, -0.2) is 17.5 Å². The molecule has 0 aromatic heterocycles. The molecular formula is C11H12F2N2S. The second kappa shape index (κ2) is 4.82. The van der Waals surface area contributed by atoms with Crippen molar-refractivity contribution in [1.29, 1.82) is 0 Å². The highest BCUT2D eigenvalue weighted by atomic mass is 32.2. The van der Waals surface area contributed by atoms with Gasteiger partial charge in [-0.1, -0.05) is 18.7 Å². The van der Waals surface area contributed by atoms with E-state index in [1.54, 1.807) is 0 Å². The van der Waals surface area contributed by atoms with E-state index in [1.807, 2.05) is 0 Å². The molecule has 2 nitrogen and oxygen atoms in total. The van der Waals surface area contributed by atoms with Crippen LogP contribution in [-0.2, 0) is 0 Å². The Labute approximate surface area is 97.1 Å². The van der Waals surface area contributed by atoms with E-state index in [4.69, 9.17) is 0 Å². The Balaban J connectivity index is 2.12. The standard InChI is InChI=1S/C11H12F2N2S/c1-7-5-14-11(16-6-7)15-10-4-8(12)2-3-9(10)13/h2-4,7H,5-6H2,1H3,(H,14,15). The number of thioether (sulfide) groups is 1. The van der Waals surface area contributed by atoms with Crippen LogP contribution in [0.25, 0.3) is 0 Å². The lowest BCUT2D eigenvalue weighted by atomic mass is 10.2. The van der Waals surface area contributed by atoms with Gasteiger partial charge in [0.2, 0.25) is 0 Å². The van der Waals surface area contributed by atoms with Crippen molar-refractivity contribution in [2.75, 3.05) is 17.6 Å². The van der Waals surface area contributed by atoms with Gasteiger partial charge < -0.3 is 5.32 Å². The molecule has 1 aliphatic heterocycles. The SMILES string of the molecule is CC1CN=C(Nc2cc(F)ccc2F)SC1. The number of nitrogens with zero attached hydrogens (tertiary/aromatic N) is 1. The maximum Gasteiger partial charge on any atom is 0.161 e. The first kappa shape index (κ1) is 11.4. The first-order chi connectivity index (χ1) is 7.65. The lowest BCUT2D eigenvalue weighted by molar-refractivity contribution is 0.604. The fourth-order valence-corrected chi connectivity index (χ4v) is 2.24. The molecule has 0 saturated carbocycles. The van der Waals surface area contributed by atoms with E-state index in [2.05, 4.69) is 17.2 Å². The monoisotopic (exact) mass is 242 g/mol. The summed E-state index contributed by atoms with van der Waals surface area (Å²) in [6, 6.07) is 3.34. The van der Waals surface area contributed by atoms with E-state index in [1.165, 1.54) is 11.8 Å². The maximum absolute atomic E-state index is 13.3. The fourth-order valence-electron chi connectivity index (χ4n) is 1.34. The first-order valence-corrected chi connectivity index (χ1v) is 6.03. The Kier molecular flexibility index (Phi) is 3.43. The molecule has 1 unspecified atom stereocenters. The van der Waals surface area contributed by atoms with Crippen LogP contribution >= 0.6 is 11.8 Å². The van der Waals surface area contributed by atoms with Gasteiger partial charge in [0, 0.05) is 18.4 Å². The molecule has 0 spiro atoms. The highest BCUT2D eigenvalue weighted by Gasteiger charge is 2.13. The number of anilines is 1. The summed E-state index contributed by atoms with van der Waals surface area (Å²) in [5, 5.41) is 3.46. The minimum atomic E-state index is -0.469. The number of hydrogen-bond acceptors (Lipinski definition) is 3. The van der Waals surface area contributed by atoms with Crippen LogP contribution < -0.4 is 5.32 Å². The highest BCUT2D eigenvalue weighted by molar-refractivity contribution is 8.14. The molecule has 0 bridgehead atoms. The Hall–Kier alpha value is -1.10. The van der Waals surface area contributed by atoms with E-state index in [-0.39, 0.29) is 5.69 Å². The summed E-state index contributed by atoms with van der Waals surface area (Å²) in [4.78, 5) is 4.26. The van der Waals surface area contributed by atoms with Crippen LogP contribution in [0.2, 0.25) is 0 Å². The zero-order valence-corrected chi connectivity index (χ0v) is 9.65. The van der Waals surface area contributed by atoms with Gasteiger partial charge >= 0.3 is 0 Å². The van der Waals surface area contributed by atoms with Crippen molar-refractivity contribution in [2.24, 2.45) is 10.9 Å². The average molecular weight is 242 g/mol. The Morgan fingerprint density at radius 1 is 1.44 bits per heavy atom. The Morgan fingerprint density at radius 2 is 2.25 bits per heavy atom. The van der Waals surface area contributed by atoms with Crippen LogP contribution in [0.5, 0.6) is 0 Å². The lowest BCUT2D eigenvalue weighted by Gasteiger charge is -2.18. The molecule has 0 fully saturated rings. The predicted octanol–water partition coefficient (Wildman–Crippen LogP) is 3.12. The van der Waals surface area contributed by atoms with E-state index in [0.29, 0.717) is 11.1 Å². The van der Waals surface area contributed by atoms with Gasteiger partial charge in [0.25, 0.3) is 0 Å². The number of hydrogen-bond donors (Lipinski definition) is 1. The van der Waals surface area contributed by atoms with Crippen LogP contribution in [0.15, 0.2) is 23.2 Å². The summed E-state index contributed by atoms with van der Waals surface area (Å²) in [5.74, 6) is 0.554. The summed E-state index contributed by atoms with van der Waals surface area (Å²) in [7, 11) is 0. The van der Waals surface area contributed by atoms with Crippen LogP contribution in [0.4, 0.5) is 14.5 Å². The smallest absolute Gasteiger partial charge is 0.161 e. The first-order valence-electron chi connectivity index (χ1n) is 5.04. The van der Waals surface area contributed by atoms with Crippen molar-refractivity contribution in [1.82, 2.24) is 0 Å². The van der Waals surface area contributed by atoms with E-state index < -0.39 is 11.6 Å². The van der Waals surface area contributed by atoms with E-state index >= 15 is 0 Å². The van der Waals surface area contributed by atoms with Crippen molar-refractivity contribution >= 4 is 22.6 Å². The van der Waals surface area contributed by atoms with E-state index in [0.717, 1.165) is 30.5 Å². The van der Waals surface area contributed by atoms with Crippen molar-refractivity contribution in [3.8, 4) is 0 Å². The molecule has 0 amide bonds. The Bertz CT molecular complexity index is 420. The second-order valence-electron chi connectivity index (χ2n) is 3.81. The third-order valence-corrected chi connectivity index (χ3v) is 3.46. The third kappa shape index (κ3) is 2.72. The molecule has 1 heterocycles. The molecule has 16 heavy (non-hydrogen) atoms. The molecule has 0 saturated heterocycles. The number of benzene rings is 1. The maximum atomic E-state index is 13.3. The third-order valence-electron chi connectivity index (χ3n) is 2.22. The van der Waals surface area contributed by atoms with Crippen LogP contribution in [0.1, 0.15) is 6.92 Å². The summed E-state index contributed by atoms with van der Waals surface area (Å²) < 4.78 is 26.2. The minimum Gasteiger partial charge on any atom is -0.333 e. The topological polar surface area (TPSA) is 24.4 Å². The molecule has 1 aliphatic rings. The van der Waals surface area contributed by atoms with Gasteiger partial charge in [-0.2, -0.15) is 0 Å². The van der Waals surface area contributed by atoms with Gasteiger partial charge in [0.1, 0.15) is 11.6 Å². The van der Waals surface area contributed by atoms with Gasteiger partial charge in [0.15, 0.2) is 5.17 Å². The van der Waals surface area contributed by atoms with Crippen molar-refractivity contribution < 1.29 is 8.78 Å². The normalized spacial score (nSPS) is 20.4. The van der Waals surface area contributed by atoms with Crippen molar-refractivity contribution in [3.05, 3.63) is 29.8 Å². The molecule has 1 N–H and O–H groups in total. The number of amidine groups is 1. The highest BCUT2D eigenvalue weighted by Crippen LogP contribution is 2.21. The van der Waals surface area contributed by atoms with Gasteiger partial charge in [-0.05, 0) is 18.1 Å². The van der Waals surface area contributed by atoms with Gasteiger partial charge in [-0.15, -0.1) is 0 Å². The van der Waals surface area contributed by atoms with Crippen molar-refractivity contribution in [3.63, 3.8) is 0 Å². The zero-order chi connectivity index (χ0) is 11.5. The quantitative estimate of drug-likeness (QED) is 0.818. The molecule has 1 aromatic rings. The lowest BCUT2D eigenvalue weighted by Crippen LogP contribution is -2.19. The fraction of sp³-hybridized carbons (Fsp3) is 0.364. The molecule has 0 radical (unpaired) electrons. The van der Waals surface area contributed by atoms with Crippen LogP contribution in [0.3, 0.4) is 0 Å². The molecular weight excluding hydrogens is 230 g/mol. The molecule has 2 rings (SSSR count). The summed E-state index contributed by atoms with van der Waals surface area (Å²) in [6.07, 6.45) is 0. The van der Waals surface area contributed by atoms with Gasteiger partial charge in [-0.3, -0.25) is 4.99 Å². The van der Waals surface area contributed by atoms with Gasteiger partial charge in [-0.25, -0.2) is 8.78 Å². The molecule has 0 aliphatic carbocycles. The Morgan fingerprint density at radius 3 is 2.94 bits per heavy atom. The largest absolute Gasteiger partial charge is 0.333 e. The number of rotatable bonds is 1. The molecule has 5 heteroatoms. The summed E-state index contributed by atoms with van der Waals surface area (Å²) in [5.41, 5.74) is 0.140. The molecule has 86 valence electrons. The van der Waals surface area contributed by atoms with Crippen molar-refractivity contribution in [2.45, 2.75) is 6.92 Å². The molecule has 1 aromatic carbocycles. The summed E-state index contributed by atoms with van der Waals surface area (Å²) >= 11 is 1.53. The predicted molar refractivity (Wildman–Crippen MR) is 63.9 cm³/mol. The van der Waals surface area contributed by atoms with Crippen LogP contribution in [0, 0.1) is 17.6 Å². The average Bonchev–Trinajstić information content (AvgIpc) is 2.27. The number of aliphatic imine (C=N–C) groups is 1. The molecule has 1 atom stereocenters. The summed E-state index contributed by atoms with van der Waals surface area (Å²) in [6.45, 7) is 2.84.